The molecular weight excluding hydrogens is 394 g/mol. The minimum atomic E-state index is -0.0623. The van der Waals surface area contributed by atoms with Crippen molar-refractivity contribution in [3.63, 3.8) is 0 Å². The third-order valence-corrected chi connectivity index (χ3v) is 5.68. The largest absolute Gasteiger partial charge is 0.467 e. The molecule has 5 heterocycles. The summed E-state index contributed by atoms with van der Waals surface area (Å²) in [4.78, 5) is 11.3. The van der Waals surface area contributed by atoms with E-state index in [4.69, 9.17) is 16.6 Å². The first-order valence-corrected chi connectivity index (χ1v) is 10.3. The predicted octanol–water partition coefficient (Wildman–Crippen LogP) is 4.09. The number of pyridine rings is 2. The van der Waals surface area contributed by atoms with Crippen LogP contribution >= 0.6 is 12.2 Å². The third-order valence-electron chi connectivity index (χ3n) is 5.33. The molecule has 1 fully saturated rings. The second-order valence-corrected chi connectivity index (χ2v) is 7.60. The van der Waals surface area contributed by atoms with Crippen molar-refractivity contribution in [1.29, 1.82) is 0 Å². The molecule has 1 N–H and O–H groups in total. The molecule has 0 radical (unpaired) electrons. The van der Waals surface area contributed by atoms with Crippen molar-refractivity contribution >= 4 is 17.3 Å². The Hall–Kier alpha value is -3.45. The Morgan fingerprint density at radius 3 is 2.53 bits per heavy atom. The first-order valence-electron chi connectivity index (χ1n) is 9.85. The molecule has 30 heavy (non-hydrogen) atoms. The Balaban J connectivity index is 1.54. The smallest absolute Gasteiger partial charge is 0.170 e. The lowest BCUT2D eigenvalue weighted by Gasteiger charge is -2.28. The van der Waals surface area contributed by atoms with E-state index in [1.165, 1.54) is 0 Å². The highest BCUT2D eigenvalue weighted by atomic mass is 32.1. The zero-order valence-corrected chi connectivity index (χ0v) is 17.1. The molecule has 7 heteroatoms. The van der Waals surface area contributed by atoms with Crippen molar-refractivity contribution in [3.05, 3.63) is 108 Å². The van der Waals surface area contributed by atoms with Gasteiger partial charge in [-0.15, -0.1) is 0 Å². The van der Waals surface area contributed by atoms with Crippen molar-refractivity contribution in [2.45, 2.75) is 25.2 Å². The molecule has 4 aromatic heterocycles. The van der Waals surface area contributed by atoms with Crippen LogP contribution < -0.4 is 5.32 Å². The summed E-state index contributed by atoms with van der Waals surface area (Å²) in [5.41, 5.74) is 3.07. The van der Waals surface area contributed by atoms with Gasteiger partial charge in [-0.3, -0.25) is 9.97 Å². The van der Waals surface area contributed by atoms with Gasteiger partial charge in [0.05, 0.1) is 42.8 Å². The summed E-state index contributed by atoms with van der Waals surface area (Å²) >= 11 is 5.76. The maximum absolute atomic E-state index is 5.76. The summed E-state index contributed by atoms with van der Waals surface area (Å²) in [7, 11) is 0. The van der Waals surface area contributed by atoms with Gasteiger partial charge in [-0.2, -0.15) is 0 Å². The second-order valence-electron chi connectivity index (χ2n) is 7.22. The molecule has 2 atom stereocenters. The van der Waals surface area contributed by atoms with Gasteiger partial charge in [0.15, 0.2) is 5.11 Å². The lowest BCUT2D eigenvalue weighted by atomic mass is 10.0. The molecular formula is C23H21N5OS. The number of hydrogen-bond acceptors (Lipinski definition) is 4. The summed E-state index contributed by atoms with van der Waals surface area (Å²) in [5, 5.41) is 4.20. The Morgan fingerprint density at radius 1 is 0.933 bits per heavy atom. The monoisotopic (exact) mass is 415 g/mol. The average molecular weight is 416 g/mol. The fourth-order valence-corrected chi connectivity index (χ4v) is 4.28. The van der Waals surface area contributed by atoms with Crippen LogP contribution in [0.2, 0.25) is 0 Å². The zero-order chi connectivity index (χ0) is 20.3. The van der Waals surface area contributed by atoms with Crippen molar-refractivity contribution in [1.82, 2.24) is 24.8 Å². The first kappa shape index (κ1) is 18.6. The number of thiocarbonyl (C=S) groups is 1. The molecule has 0 amide bonds. The van der Waals surface area contributed by atoms with E-state index in [2.05, 4.69) is 43.1 Å². The zero-order valence-electron chi connectivity index (χ0n) is 16.3. The van der Waals surface area contributed by atoms with E-state index >= 15 is 0 Å². The SMILES string of the molecule is S=C1N[C@@H](c2ccccn2)[C@@H](c2cccn2Cc2ccco2)N1Cc1ccccn1. The molecule has 0 aliphatic carbocycles. The molecule has 1 saturated heterocycles. The van der Waals surface area contributed by atoms with E-state index in [0.29, 0.717) is 18.2 Å². The minimum absolute atomic E-state index is 0.0284. The van der Waals surface area contributed by atoms with E-state index in [1.54, 1.807) is 6.26 Å². The topological polar surface area (TPSA) is 59.1 Å². The highest BCUT2D eigenvalue weighted by Gasteiger charge is 2.41. The Labute approximate surface area is 180 Å². The van der Waals surface area contributed by atoms with Gasteiger partial charge in [-0.1, -0.05) is 12.1 Å². The third kappa shape index (κ3) is 3.59. The van der Waals surface area contributed by atoms with E-state index in [9.17, 15) is 0 Å². The summed E-state index contributed by atoms with van der Waals surface area (Å²) in [6, 6.07) is 19.9. The van der Waals surface area contributed by atoms with Gasteiger partial charge in [0.1, 0.15) is 5.76 Å². The van der Waals surface area contributed by atoms with E-state index in [1.807, 2.05) is 60.9 Å². The van der Waals surface area contributed by atoms with Crippen LogP contribution in [0.5, 0.6) is 0 Å². The molecule has 0 saturated carbocycles. The van der Waals surface area contributed by atoms with Gasteiger partial charge in [0.25, 0.3) is 0 Å². The second kappa shape index (κ2) is 8.12. The molecule has 0 unspecified atom stereocenters. The van der Waals surface area contributed by atoms with Crippen LogP contribution in [-0.2, 0) is 13.1 Å². The van der Waals surface area contributed by atoms with Crippen LogP contribution in [0.3, 0.4) is 0 Å². The summed E-state index contributed by atoms with van der Waals surface area (Å²) in [6.45, 7) is 1.28. The highest BCUT2D eigenvalue weighted by Crippen LogP contribution is 2.39. The van der Waals surface area contributed by atoms with Crippen molar-refractivity contribution in [3.8, 4) is 0 Å². The molecule has 5 rings (SSSR count). The van der Waals surface area contributed by atoms with Crippen molar-refractivity contribution in [2.24, 2.45) is 0 Å². The van der Waals surface area contributed by atoms with Crippen LogP contribution in [0, 0.1) is 0 Å². The molecule has 6 nitrogen and oxygen atoms in total. The van der Waals surface area contributed by atoms with E-state index in [0.717, 1.165) is 22.8 Å². The standard InChI is InChI=1S/C23H21N5OS/c30-23-26-21(19-9-2-4-12-25-19)22(28(23)15-17-7-1-3-11-24-17)20-10-5-13-27(20)16-18-8-6-14-29-18/h1-14,21-22H,15-16H2,(H,26,30)/t21-,22+/m0/s1. The Morgan fingerprint density at radius 2 is 1.80 bits per heavy atom. The van der Waals surface area contributed by atoms with Gasteiger partial charge in [-0.25, -0.2) is 0 Å². The molecule has 0 bridgehead atoms. The van der Waals surface area contributed by atoms with Crippen LogP contribution in [0.4, 0.5) is 0 Å². The quantitative estimate of drug-likeness (QED) is 0.479. The minimum Gasteiger partial charge on any atom is -0.467 e. The molecule has 1 aliphatic rings. The maximum atomic E-state index is 5.76. The van der Waals surface area contributed by atoms with E-state index < -0.39 is 0 Å². The van der Waals surface area contributed by atoms with E-state index in [-0.39, 0.29) is 12.1 Å². The fourth-order valence-electron chi connectivity index (χ4n) is 3.97. The summed E-state index contributed by atoms with van der Waals surface area (Å²) in [5.74, 6) is 0.909. The molecule has 0 spiro atoms. The highest BCUT2D eigenvalue weighted by molar-refractivity contribution is 7.80. The number of nitrogens with zero attached hydrogens (tertiary/aromatic N) is 4. The number of rotatable bonds is 6. The molecule has 4 aromatic rings. The van der Waals surface area contributed by atoms with Gasteiger partial charge in [0.2, 0.25) is 0 Å². The fraction of sp³-hybridized carbons (Fsp3) is 0.174. The maximum Gasteiger partial charge on any atom is 0.170 e. The number of hydrogen-bond donors (Lipinski definition) is 1. The van der Waals surface area contributed by atoms with Crippen LogP contribution in [0.15, 0.2) is 89.9 Å². The van der Waals surface area contributed by atoms with Crippen molar-refractivity contribution in [2.75, 3.05) is 0 Å². The predicted molar refractivity (Wildman–Crippen MR) is 117 cm³/mol. The van der Waals surface area contributed by atoms with Crippen LogP contribution in [0.25, 0.3) is 0 Å². The molecule has 150 valence electrons. The lowest BCUT2D eigenvalue weighted by molar-refractivity contribution is 0.294. The Kier molecular flexibility index (Phi) is 5.03. The number of furan rings is 1. The van der Waals surface area contributed by atoms with Crippen molar-refractivity contribution < 1.29 is 4.42 Å². The van der Waals surface area contributed by atoms with Crippen LogP contribution in [0.1, 0.15) is 34.9 Å². The van der Waals surface area contributed by atoms with Gasteiger partial charge < -0.3 is 19.2 Å². The van der Waals surface area contributed by atoms with Gasteiger partial charge in [0, 0.05) is 24.3 Å². The number of nitrogens with one attached hydrogen (secondary N) is 1. The first-order chi connectivity index (χ1) is 14.8. The normalized spacial score (nSPS) is 18.5. The lowest BCUT2D eigenvalue weighted by Crippen LogP contribution is -2.30. The average Bonchev–Trinajstić information content (AvgIpc) is 3.52. The molecule has 0 aromatic carbocycles. The van der Waals surface area contributed by atoms with Crippen LogP contribution in [-0.4, -0.2) is 24.5 Å². The van der Waals surface area contributed by atoms with Gasteiger partial charge in [-0.05, 0) is 60.7 Å². The summed E-state index contributed by atoms with van der Waals surface area (Å²) < 4.78 is 7.79. The Bertz CT molecular complexity index is 1110. The van der Waals surface area contributed by atoms with Gasteiger partial charge >= 0.3 is 0 Å². The molecule has 1 aliphatic heterocycles. The summed E-state index contributed by atoms with van der Waals surface area (Å²) in [6.07, 6.45) is 7.41. The number of aromatic nitrogens is 3.